The Labute approximate surface area is 217 Å². The lowest BCUT2D eigenvalue weighted by Crippen LogP contribution is -2.14. The molecule has 0 unspecified atom stereocenters. The Morgan fingerprint density at radius 3 is 2.06 bits per heavy atom. The second-order valence-electron chi connectivity index (χ2n) is 9.85. The van der Waals surface area contributed by atoms with Crippen LogP contribution in [0.15, 0.2) is 59.2 Å². The van der Waals surface area contributed by atoms with Crippen molar-refractivity contribution in [1.82, 2.24) is 4.90 Å². The molecule has 0 saturated heterocycles. The van der Waals surface area contributed by atoms with Crippen molar-refractivity contribution < 1.29 is 4.74 Å². The molecule has 0 amide bonds. The minimum atomic E-state index is -0.0196. The second kappa shape index (κ2) is 20.8. The highest BCUT2D eigenvalue weighted by Gasteiger charge is 2.05. The molecule has 0 aromatic heterocycles. The fourth-order valence-electron chi connectivity index (χ4n) is 3.55. The van der Waals surface area contributed by atoms with Gasteiger partial charge in [0.2, 0.25) is 0 Å². The summed E-state index contributed by atoms with van der Waals surface area (Å²) in [6.07, 6.45) is 20.2. The summed E-state index contributed by atoms with van der Waals surface area (Å²) in [5.74, 6) is 0. The lowest BCUT2D eigenvalue weighted by Gasteiger charge is -2.14. The first kappa shape index (κ1) is 32.4. The van der Waals surface area contributed by atoms with Crippen molar-refractivity contribution in [3.05, 3.63) is 59.8 Å². The molecule has 0 radical (unpaired) electrons. The van der Waals surface area contributed by atoms with E-state index in [1.807, 2.05) is 6.07 Å². The van der Waals surface area contributed by atoms with Gasteiger partial charge in [0.15, 0.2) is 0 Å². The van der Waals surface area contributed by atoms with Crippen molar-refractivity contribution in [3.63, 3.8) is 0 Å². The maximum Gasteiger partial charge on any atom is 0.0716 e. The van der Waals surface area contributed by atoms with E-state index in [4.69, 9.17) is 9.73 Å². The summed E-state index contributed by atoms with van der Waals surface area (Å²) in [4.78, 5) is 7.04. The topological polar surface area (TPSA) is 24.8 Å². The van der Waals surface area contributed by atoms with Crippen LogP contribution in [0.5, 0.6) is 0 Å². The van der Waals surface area contributed by atoms with E-state index in [9.17, 15) is 0 Å². The lowest BCUT2D eigenvalue weighted by atomic mass is 10.0. The van der Waals surface area contributed by atoms with Gasteiger partial charge in [0.1, 0.15) is 0 Å². The molecule has 0 spiro atoms. The molecular formula is C30H51ClN2O. The fraction of sp³-hybridized carbons (Fsp3) is 0.633. The molecule has 0 bridgehead atoms. The molecule has 1 aromatic carbocycles. The number of benzene rings is 1. The van der Waals surface area contributed by atoms with Crippen LogP contribution in [-0.2, 0) is 11.3 Å². The Kier molecular flexibility index (Phi) is 19.8. The molecule has 34 heavy (non-hydrogen) atoms. The highest BCUT2D eigenvalue weighted by Crippen LogP contribution is 2.14. The molecule has 1 aromatic rings. The molecule has 3 nitrogen and oxygen atoms in total. The molecular weight excluding hydrogens is 440 g/mol. The average Bonchev–Trinajstić information content (AvgIpc) is 2.80. The SMILES string of the molecule is CCN(/C=C/C=C(/C=NC(C)(C)C)CCCCCCCCCCOCc1ccccc1)CC.Cl. The largest absolute Gasteiger partial charge is 0.378 e. The average molecular weight is 491 g/mol. The minimum absolute atomic E-state index is 0. The van der Waals surface area contributed by atoms with Crippen LogP contribution in [0.3, 0.4) is 0 Å². The third kappa shape index (κ3) is 18.8. The van der Waals surface area contributed by atoms with E-state index in [1.54, 1.807) is 0 Å². The van der Waals surface area contributed by atoms with E-state index >= 15 is 0 Å². The number of unbranched alkanes of at least 4 members (excludes halogenated alkanes) is 7. The summed E-state index contributed by atoms with van der Waals surface area (Å²) in [5, 5.41) is 0. The number of allylic oxidation sites excluding steroid dienone is 3. The number of hydrogen-bond acceptors (Lipinski definition) is 3. The first-order valence-corrected chi connectivity index (χ1v) is 13.2. The van der Waals surface area contributed by atoms with Crippen LogP contribution in [0, 0.1) is 0 Å². The van der Waals surface area contributed by atoms with Crippen LogP contribution in [0.2, 0.25) is 0 Å². The first-order valence-electron chi connectivity index (χ1n) is 13.2. The lowest BCUT2D eigenvalue weighted by molar-refractivity contribution is 0.116. The molecule has 0 atom stereocenters. The number of halogens is 1. The van der Waals surface area contributed by atoms with Gasteiger partial charge in [-0.3, -0.25) is 4.99 Å². The second-order valence-corrected chi connectivity index (χ2v) is 9.85. The van der Waals surface area contributed by atoms with Gasteiger partial charge < -0.3 is 9.64 Å². The summed E-state index contributed by atoms with van der Waals surface area (Å²) in [7, 11) is 0. The van der Waals surface area contributed by atoms with E-state index in [0.717, 1.165) is 32.7 Å². The zero-order valence-electron chi connectivity index (χ0n) is 22.6. The van der Waals surface area contributed by atoms with Gasteiger partial charge in [-0.05, 0) is 77.3 Å². The molecule has 4 heteroatoms. The van der Waals surface area contributed by atoms with Gasteiger partial charge in [-0.25, -0.2) is 0 Å². The molecule has 0 fully saturated rings. The Balaban J connectivity index is 0.0000109. The highest BCUT2D eigenvalue weighted by molar-refractivity contribution is 5.85. The van der Waals surface area contributed by atoms with Gasteiger partial charge in [0.05, 0.1) is 12.1 Å². The van der Waals surface area contributed by atoms with Gasteiger partial charge in [0.25, 0.3) is 0 Å². The number of hydrogen-bond donors (Lipinski definition) is 0. The Bertz CT molecular complexity index is 673. The Morgan fingerprint density at radius 1 is 0.882 bits per heavy atom. The van der Waals surface area contributed by atoms with E-state index in [-0.39, 0.29) is 17.9 Å². The summed E-state index contributed by atoms with van der Waals surface area (Å²) in [6, 6.07) is 10.4. The van der Waals surface area contributed by atoms with Crippen LogP contribution in [0.1, 0.15) is 98.0 Å². The molecule has 0 aliphatic heterocycles. The molecule has 0 N–H and O–H groups in total. The predicted molar refractivity (Wildman–Crippen MR) is 153 cm³/mol. The van der Waals surface area contributed by atoms with Crippen molar-refractivity contribution in [2.45, 2.75) is 105 Å². The zero-order valence-corrected chi connectivity index (χ0v) is 23.4. The van der Waals surface area contributed by atoms with E-state index in [0.29, 0.717) is 0 Å². The quantitative estimate of drug-likeness (QED) is 0.117. The fourth-order valence-corrected chi connectivity index (χ4v) is 3.55. The van der Waals surface area contributed by atoms with E-state index in [2.05, 4.69) is 88.4 Å². The highest BCUT2D eigenvalue weighted by atomic mass is 35.5. The van der Waals surface area contributed by atoms with Crippen molar-refractivity contribution in [1.29, 1.82) is 0 Å². The Hall–Kier alpha value is -1.58. The maximum atomic E-state index is 5.77. The summed E-state index contributed by atoms with van der Waals surface area (Å²) >= 11 is 0. The molecule has 0 aliphatic carbocycles. The standard InChI is InChI=1S/C30H50N2O.ClH/c1-6-32(7-2)24-19-23-28(26-31-30(3,4)5)20-15-12-10-8-9-11-13-18-25-33-27-29-21-16-14-17-22-29;/h14,16-17,19,21-24,26H,6-13,15,18,20,25,27H2,1-5H3;1H/b24-19+,28-23+,31-26?;. The third-order valence-electron chi connectivity index (χ3n) is 5.65. The first-order chi connectivity index (χ1) is 15.9. The molecule has 0 saturated carbocycles. The monoisotopic (exact) mass is 490 g/mol. The van der Waals surface area contributed by atoms with E-state index in [1.165, 1.54) is 62.5 Å². The summed E-state index contributed by atoms with van der Waals surface area (Å²) in [6.45, 7) is 14.6. The number of aliphatic imine (C=N–C) groups is 1. The molecule has 0 heterocycles. The van der Waals surface area contributed by atoms with Crippen LogP contribution < -0.4 is 0 Å². The summed E-state index contributed by atoms with van der Waals surface area (Å²) < 4.78 is 5.77. The number of rotatable bonds is 18. The van der Waals surface area contributed by atoms with Crippen LogP contribution >= 0.6 is 12.4 Å². The van der Waals surface area contributed by atoms with Crippen molar-refractivity contribution in [2.24, 2.45) is 4.99 Å². The van der Waals surface area contributed by atoms with Gasteiger partial charge in [-0.15, -0.1) is 12.4 Å². The Morgan fingerprint density at radius 2 is 1.47 bits per heavy atom. The van der Waals surface area contributed by atoms with E-state index < -0.39 is 0 Å². The van der Waals surface area contributed by atoms with Gasteiger partial charge in [-0.2, -0.15) is 0 Å². The van der Waals surface area contributed by atoms with Gasteiger partial charge in [0, 0.05) is 25.9 Å². The molecule has 0 aliphatic rings. The molecule has 194 valence electrons. The smallest absolute Gasteiger partial charge is 0.0716 e. The van der Waals surface area contributed by atoms with Gasteiger partial charge >= 0.3 is 0 Å². The predicted octanol–water partition coefficient (Wildman–Crippen LogP) is 8.79. The van der Waals surface area contributed by atoms with Crippen LogP contribution in [0.25, 0.3) is 0 Å². The zero-order chi connectivity index (χ0) is 24.2. The van der Waals surface area contributed by atoms with Gasteiger partial charge in [-0.1, -0.05) is 74.9 Å². The summed E-state index contributed by atoms with van der Waals surface area (Å²) in [5.41, 5.74) is 2.58. The molecule has 1 rings (SSSR count). The minimum Gasteiger partial charge on any atom is -0.378 e. The third-order valence-corrected chi connectivity index (χ3v) is 5.65. The number of ether oxygens (including phenoxy) is 1. The number of nitrogens with zero attached hydrogens (tertiary/aromatic N) is 2. The normalized spacial score (nSPS) is 12.4. The van der Waals surface area contributed by atoms with Crippen molar-refractivity contribution in [3.8, 4) is 0 Å². The van der Waals surface area contributed by atoms with Crippen molar-refractivity contribution in [2.75, 3.05) is 19.7 Å². The van der Waals surface area contributed by atoms with Crippen molar-refractivity contribution >= 4 is 18.6 Å². The van der Waals surface area contributed by atoms with Crippen LogP contribution in [0.4, 0.5) is 0 Å². The maximum absolute atomic E-state index is 5.77. The van der Waals surface area contributed by atoms with Crippen LogP contribution in [-0.4, -0.2) is 36.3 Å².